The molecule has 0 aliphatic carbocycles. The first kappa shape index (κ1) is 19.3. The molecule has 2 amide bonds. The zero-order valence-corrected chi connectivity index (χ0v) is 16.1. The van der Waals surface area contributed by atoms with E-state index in [1.807, 2.05) is 0 Å². The van der Waals surface area contributed by atoms with Crippen molar-refractivity contribution in [3.05, 3.63) is 63.3 Å². The standard InChI is InChI=1S/C19H15ClFNO4S/c1-25-15-7-12(14(20)9-16(15)26-2)8-17-18(23)22(19(24)27-17)10-11-3-5-13(21)6-4-11/h3-9H,10H2,1-2H3. The fourth-order valence-electron chi connectivity index (χ4n) is 2.53. The quantitative estimate of drug-likeness (QED) is 0.670. The number of hydrogen-bond acceptors (Lipinski definition) is 5. The Balaban J connectivity index is 1.87. The lowest BCUT2D eigenvalue weighted by atomic mass is 10.1. The first-order chi connectivity index (χ1) is 12.9. The minimum absolute atomic E-state index is 0.0714. The van der Waals surface area contributed by atoms with E-state index in [1.54, 1.807) is 18.2 Å². The first-order valence-electron chi connectivity index (χ1n) is 7.84. The van der Waals surface area contributed by atoms with Gasteiger partial charge in [-0.05, 0) is 47.2 Å². The fourth-order valence-corrected chi connectivity index (χ4v) is 3.57. The number of imide groups is 1. The van der Waals surface area contributed by atoms with Crippen LogP contribution < -0.4 is 9.47 Å². The third-order valence-electron chi connectivity index (χ3n) is 3.92. The summed E-state index contributed by atoms with van der Waals surface area (Å²) in [6.45, 7) is 0.0714. The molecule has 27 heavy (non-hydrogen) atoms. The Hall–Kier alpha value is -2.51. The summed E-state index contributed by atoms with van der Waals surface area (Å²) in [5.74, 6) is 0.110. The van der Waals surface area contributed by atoms with Gasteiger partial charge in [-0.15, -0.1) is 0 Å². The van der Waals surface area contributed by atoms with Gasteiger partial charge in [0.1, 0.15) is 5.82 Å². The van der Waals surface area contributed by atoms with Crippen LogP contribution >= 0.6 is 23.4 Å². The highest BCUT2D eigenvalue weighted by atomic mass is 35.5. The van der Waals surface area contributed by atoms with Gasteiger partial charge in [-0.25, -0.2) is 4.39 Å². The van der Waals surface area contributed by atoms with E-state index in [9.17, 15) is 14.0 Å². The highest BCUT2D eigenvalue weighted by Crippen LogP contribution is 2.38. The number of ether oxygens (including phenoxy) is 2. The summed E-state index contributed by atoms with van der Waals surface area (Å²) < 4.78 is 23.4. The lowest BCUT2D eigenvalue weighted by molar-refractivity contribution is -0.123. The summed E-state index contributed by atoms with van der Waals surface area (Å²) in [6, 6.07) is 8.85. The predicted octanol–water partition coefficient (Wildman–Crippen LogP) is 4.73. The second-order valence-electron chi connectivity index (χ2n) is 5.62. The molecule has 3 rings (SSSR count). The number of hydrogen-bond donors (Lipinski definition) is 0. The van der Waals surface area contributed by atoms with Gasteiger partial charge >= 0.3 is 0 Å². The van der Waals surface area contributed by atoms with Gasteiger partial charge in [-0.2, -0.15) is 0 Å². The van der Waals surface area contributed by atoms with E-state index in [4.69, 9.17) is 21.1 Å². The molecule has 0 aromatic heterocycles. The van der Waals surface area contributed by atoms with Crippen LogP contribution in [0.2, 0.25) is 5.02 Å². The molecule has 0 atom stereocenters. The van der Waals surface area contributed by atoms with Gasteiger partial charge in [0.05, 0.1) is 30.7 Å². The Labute approximate surface area is 164 Å². The molecule has 1 aliphatic heterocycles. The zero-order chi connectivity index (χ0) is 19.6. The summed E-state index contributed by atoms with van der Waals surface area (Å²) in [7, 11) is 2.99. The predicted molar refractivity (Wildman–Crippen MR) is 102 cm³/mol. The average Bonchev–Trinajstić information content (AvgIpc) is 2.92. The number of rotatable bonds is 5. The minimum atomic E-state index is -0.430. The highest BCUT2D eigenvalue weighted by molar-refractivity contribution is 8.18. The number of carbonyl (C=O) groups excluding carboxylic acids is 2. The van der Waals surface area contributed by atoms with Crippen molar-refractivity contribution in [1.82, 2.24) is 4.90 Å². The van der Waals surface area contributed by atoms with Gasteiger partial charge in [0.2, 0.25) is 0 Å². The van der Waals surface area contributed by atoms with Gasteiger partial charge in [0.25, 0.3) is 11.1 Å². The fraction of sp³-hybridized carbons (Fsp3) is 0.158. The van der Waals surface area contributed by atoms with E-state index in [-0.39, 0.29) is 17.3 Å². The Morgan fingerprint density at radius 1 is 1.11 bits per heavy atom. The lowest BCUT2D eigenvalue weighted by Gasteiger charge is -2.12. The molecule has 0 N–H and O–H groups in total. The Bertz CT molecular complexity index is 930. The van der Waals surface area contributed by atoms with Crippen LogP contribution in [0.15, 0.2) is 41.3 Å². The maximum atomic E-state index is 13.0. The van der Waals surface area contributed by atoms with Crippen molar-refractivity contribution >= 4 is 40.6 Å². The van der Waals surface area contributed by atoms with E-state index in [0.29, 0.717) is 27.6 Å². The molecule has 1 fully saturated rings. The number of halogens is 2. The average molecular weight is 408 g/mol. The molecule has 1 heterocycles. The van der Waals surface area contributed by atoms with Crippen molar-refractivity contribution < 1.29 is 23.5 Å². The molecule has 2 aromatic rings. The van der Waals surface area contributed by atoms with Crippen molar-refractivity contribution in [2.75, 3.05) is 14.2 Å². The maximum Gasteiger partial charge on any atom is 0.293 e. The van der Waals surface area contributed by atoms with Crippen molar-refractivity contribution in [1.29, 1.82) is 0 Å². The van der Waals surface area contributed by atoms with Crippen molar-refractivity contribution in [3.63, 3.8) is 0 Å². The van der Waals surface area contributed by atoms with Crippen LogP contribution in [-0.2, 0) is 11.3 Å². The van der Waals surface area contributed by atoms with Gasteiger partial charge in [0, 0.05) is 6.07 Å². The molecule has 0 spiro atoms. The molecule has 0 radical (unpaired) electrons. The van der Waals surface area contributed by atoms with Gasteiger partial charge in [-0.1, -0.05) is 23.7 Å². The first-order valence-corrected chi connectivity index (χ1v) is 9.03. The monoisotopic (exact) mass is 407 g/mol. The molecule has 2 aromatic carbocycles. The zero-order valence-electron chi connectivity index (χ0n) is 14.5. The Morgan fingerprint density at radius 3 is 2.37 bits per heavy atom. The third kappa shape index (κ3) is 4.09. The summed E-state index contributed by atoms with van der Waals surface area (Å²) >= 11 is 7.07. The second-order valence-corrected chi connectivity index (χ2v) is 7.02. The summed E-state index contributed by atoms with van der Waals surface area (Å²) in [5.41, 5.74) is 1.19. The molecule has 5 nitrogen and oxygen atoms in total. The van der Waals surface area contributed by atoms with Crippen LogP contribution in [0.1, 0.15) is 11.1 Å². The highest BCUT2D eigenvalue weighted by Gasteiger charge is 2.35. The van der Waals surface area contributed by atoms with E-state index in [1.165, 1.54) is 38.5 Å². The van der Waals surface area contributed by atoms with Gasteiger partial charge in [0.15, 0.2) is 11.5 Å². The molecular weight excluding hydrogens is 393 g/mol. The number of thioether (sulfide) groups is 1. The summed E-state index contributed by atoms with van der Waals surface area (Å²) in [5, 5.41) is -0.0369. The van der Waals surface area contributed by atoms with Crippen LogP contribution in [0, 0.1) is 5.82 Å². The Morgan fingerprint density at radius 2 is 1.74 bits per heavy atom. The summed E-state index contributed by atoms with van der Waals surface area (Å²) in [4.78, 5) is 26.2. The molecule has 1 aliphatic rings. The normalized spacial score (nSPS) is 15.6. The molecule has 1 saturated heterocycles. The number of nitrogens with zero attached hydrogens (tertiary/aromatic N) is 1. The van der Waals surface area contributed by atoms with E-state index in [0.717, 1.165) is 16.7 Å². The molecule has 8 heteroatoms. The van der Waals surface area contributed by atoms with Crippen molar-refractivity contribution in [2.24, 2.45) is 0 Å². The minimum Gasteiger partial charge on any atom is -0.493 e. The topological polar surface area (TPSA) is 55.8 Å². The van der Waals surface area contributed by atoms with Crippen LogP contribution in [0.5, 0.6) is 11.5 Å². The van der Waals surface area contributed by atoms with Gasteiger partial charge in [-0.3, -0.25) is 14.5 Å². The van der Waals surface area contributed by atoms with Crippen molar-refractivity contribution in [2.45, 2.75) is 6.54 Å². The number of methoxy groups -OCH3 is 2. The number of amides is 2. The second kappa shape index (κ2) is 8.02. The molecular formula is C19H15ClFNO4S. The largest absolute Gasteiger partial charge is 0.493 e. The van der Waals surface area contributed by atoms with Crippen LogP contribution in [0.3, 0.4) is 0 Å². The van der Waals surface area contributed by atoms with Gasteiger partial charge < -0.3 is 9.47 Å². The number of carbonyl (C=O) groups is 2. The SMILES string of the molecule is COc1cc(Cl)c(C=C2SC(=O)N(Cc3ccc(F)cc3)C2=O)cc1OC. The van der Waals surface area contributed by atoms with E-state index in [2.05, 4.69) is 0 Å². The summed E-state index contributed by atoms with van der Waals surface area (Å²) in [6.07, 6.45) is 1.54. The number of benzene rings is 2. The lowest BCUT2D eigenvalue weighted by Crippen LogP contribution is -2.27. The molecule has 0 saturated carbocycles. The van der Waals surface area contributed by atoms with E-state index >= 15 is 0 Å². The molecule has 140 valence electrons. The molecule has 0 unspecified atom stereocenters. The van der Waals surface area contributed by atoms with Crippen LogP contribution in [0.4, 0.5) is 9.18 Å². The smallest absolute Gasteiger partial charge is 0.293 e. The van der Waals surface area contributed by atoms with E-state index < -0.39 is 11.1 Å². The third-order valence-corrected chi connectivity index (χ3v) is 5.15. The Kier molecular flexibility index (Phi) is 5.72. The van der Waals surface area contributed by atoms with Crippen molar-refractivity contribution in [3.8, 4) is 11.5 Å². The van der Waals surface area contributed by atoms with Crippen LogP contribution in [-0.4, -0.2) is 30.3 Å². The van der Waals surface area contributed by atoms with Crippen LogP contribution in [0.25, 0.3) is 6.08 Å². The molecule has 0 bridgehead atoms. The maximum absolute atomic E-state index is 13.0.